The van der Waals surface area contributed by atoms with Crippen molar-refractivity contribution in [2.75, 3.05) is 4.72 Å². The highest BCUT2D eigenvalue weighted by atomic mass is 32.2. The summed E-state index contributed by atoms with van der Waals surface area (Å²) in [6, 6.07) is 0. The van der Waals surface area contributed by atoms with E-state index in [9.17, 15) is 13.2 Å². The molecule has 10 heteroatoms. The second-order valence-corrected chi connectivity index (χ2v) is 6.07. The zero-order chi connectivity index (χ0) is 15.6. The number of sulfonamides is 1. The fourth-order valence-corrected chi connectivity index (χ4v) is 2.82. The molecule has 0 saturated carbocycles. The summed E-state index contributed by atoms with van der Waals surface area (Å²) in [6.45, 7) is 1.47. The van der Waals surface area contributed by atoms with E-state index in [4.69, 9.17) is 5.11 Å². The molecule has 0 atom stereocenters. The summed E-state index contributed by atoms with van der Waals surface area (Å²) < 4.78 is 29.4. The van der Waals surface area contributed by atoms with Gasteiger partial charge in [0, 0.05) is 19.4 Å². The first kappa shape index (κ1) is 15.0. The molecule has 9 nitrogen and oxygen atoms in total. The minimum absolute atomic E-state index is 0.102. The van der Waals surface area contributed by atoms with Gasteiger partial charge in [-0.2, -0.15) is 10.2 Å². The SMILES string of the molecule is CCc1nn(C)cc1NS(=O)(=O)c1cnn(CC(=O)O)c1. The minimum atomic E-state index is -3.83. The minimum Gasteiger partial charge on any atom is -0.480 e. The number of nitrogens with zero attached hydrogens (tertiary/aromatic N) is 4. The topological polar surface area (TPSA) is 119 Å². The van der Waals surface area contributed by atoms with Crippen molar-refractivity contribution in [1.82, 2.24) is 19.6 Å². The Morgan fingerprint density at radius 2 is 2.14 bits per heavy atom. The van der Waals surface area contributed by atoms with E-state index >= 15 is 0 Å². The van der Waals surface area contributed by atoms with Gasteiger partial charge in [-0.3, -0.25) is 18.9 Å². The molecule has 0 radical (unpaired) electrons. The van der Waals surface area contributed by atoms with E-state index < -0.39 is 22.5 Å². The summed E-state index contributed by atoms with van der Waals surface area (Å²) in [6.07, 6.45) is 4.42. The zero-order valence-corrected chi connectivity index (χ0v) is 12.3. The number of nitrogens with one attached hydrogen (secondary N) is 1. The normalized spacial score (nSPS) is 11.5. The first-order chi connectivity index (χ1) is 9.81. The second kappa shape index (κ2) is 5.56. The number of hydrogen-bond donors (Lipinski definition) is 2. The lowest BCUT2D eigenvalue weighted by molar-refractivity contribution is -0.137. The zero-order valence-electron chi connectivity index (χ0n) is 11.5. The molecule has 2 heterocycles. The highest BCUT2D eigenvalue weighted by Crippen LogP contribution is 2.19. The number of carboxylic acids is 1. The number of hydrogen-bond acceptors (Lipinski definition) is 5. The Bertz CT molecular complexity index is 761. The molecule has 2 aromatic rings. The van der Waals surface area contributed by atoms with Gasteiger partial charge in [0.2, 0.25) is 0 Å². The van der Waals surface area contributed by atoms with Crippen LogP contribution in [0.2, 0.25) is 0 Å². The quantitative estimate of drug-likeness (QED) is 0.778. The Balaban J connectivity index is 2.25. The number of aliphatic carboxylic acids is 1. The van der Waals surface area contributed by atoms with Crippen LogP contribution in [-0.2, 0) is 34.8 Å². The maximum Gasteiger partial charge on any atom is 0.325 e. The maximum absolute atomic E-state index is 12.2. The molecule has 0 spiro atoms. The number of rotatable bonds is 6. The molecular formula is C11H15N5O4S. The summed E-state index contributed by atoms with van der Waals surface area (Å²) >= 11 is 0. The number of aryl methyl sites for hydroxylation is 2. The highest BCUT2D eigenvalue weighted by Gasteiger charge is 2.19. The van der Waals surface area contributed by atoms with Gasteiger partial charge in [0.1, 0.15) is 11.4 Å². The fraction of sp³-hybridized carbons (Fsp3) is 0.364. The molecule has 0 fully saturated rings. The van der Waals surface area contributed by atoms with Gasteiger partial charge < -0.3 is 5.11 Å². The molecule has 0 saturated heterocycles. The van der Waals surface area contributed by atoms with Crippen molar-refractivity contribution in [3.63, 3.8) is 0 Å². The van der Waals surface area contributed by atoms with Crippen LogP contribution >= 0.6 is 0 Å². The lowest BCUT2D eigenvalue weighted by Gasteiger charge is -2.04. The number of anilines is 1. The van der Waals surface area contributed by atoms with Crippen LogP contribution in [0.1, 0.15) is 12.6 Å². The molecule has 0 aliphatic carbocycles. The second-order valence-electron chi connectivity index (χ2n) is 4.39. The van der Waals surface area contributed by atoms with Crippen molar-refractivity contribution < 1.29 is 18.3 Å². The van der Waals surface area contributed by atoms with E-state index in [1.54, 1.807) is 13.2 Å². The van der Waals surface area contributed by atoms with Crippen LogP contribution in [0.15, 0.2) is 23.5 Å². The summed E-state index contributed by atoms with van der Waals surface area (Å²) in [5.74, 6) is -1.10. The highest BCUT2D eigenvalue weighted by molar-refractivity contribution is 7.92. The van der Waals surface area contributed by atoms with Gasteiger partial charge in [-0.15, -0.1) is 0 Å². The van der Waals surface area contributed by atoms with Gasteiger partial charge in [-0.05, 0) is 6.42 Å². The molecule has 114 valence electrons. The third-order valence-electron chi connectivity index (χ3n) is 2.70. The van der Waals surface area contributed by atoms with Crippen LogP contribution in [0.25, 0.3) is 0 Å². The maximum atomic E-state index is 12.2. The van der Waals surface area contributed by atoms with Crippen LogP contribution in [0, 0.1) is 0 Å². The van der Waals surface area contributed by atoms with Crippen molar-refractivity contribution >= 4 is 21.7 Å². The molecule has 2 aromatic heterocycles. The standard InChI is InChI=1S/C11H15N5O4S/c1-3-9-10(6-15(2)13-9)14-21(19,20)8-4-12-16(5-8)7-11(17)18/h4-6,14H,3,7H2,1-2H3,(H,17,18). The third kappa shape index (κ3) is 3.40. The Morgan fingerprint density at radius 1 is 1.43 bits per heavy atom. The first-order valence-corrected chi connectivity index (χ1v) is 7.59. The molecule has 0 bridgehead atoms. The lowest BCUT2D eigenvalue weighted by Crippen LogP contribution is -2.13. The van der Waals surface area contributed by atoms with Crippen LogP contribution in [0.5, 0.6) is 0 Å². The van der Waals surface area contributed by atoms with Crippen molar-refractivity contribution in [3.8, 4) is 0 Å². The van der Waals surface area contributed by atoms with Crippen LogP contribution in [-0.4, -0.2) is 39.1 Å². The molecular weight excluding hydrogens is 298 g/mol. The Hall–Kier alpha value is -2.36. The van der Waals surface area contributed by atoms with Crippen molar-refractivity contribution in [2.24, 2.45) is 7.05 Å². The number of aromatic nitrogens is 4. The Labute approximate surface area is 121 Å². The van der Waals surface area contributed by atoms with Gasteiger partial charge in [0.25, 0.3) is 10.0 Å². The number of carboxylic acid groups (broad SMARTS) is 1. The molecule has 0 aliphatic heterocycles. The van der Waals surface area contributed by atoms with E-state index in [2.05, 4.69) is 14.9 Å². The van der Waals surface area contributed by atoms with Gasteiger partial charge in [0.05, 0.1) is 17.6 Å². The van der Waals surface area contributed by atoms with Gasteiger partial charge in [-0.25, -0.2) is 8.42 Å². The molecule has 21 heavy (non-hydrogen) atoms. The van der Waals surface area contributed by atoms with Crippen LogP contribution in [0.3, 0.4) is 0 Å². The smallest absolute Gasteiger partial charge is 0.325 e. The van der Waals surface area contributed by atoms with Crippen LogP contribution in [0.4, 0.5) is 5.69 Å². The first-order valence-electron chi connectivity index (χ1n) is 6.11. The van der Waals surface area contributed by atoms with Crippen LogP contribution < -0.4 is 4.72 Å². The summed E-state index contributed by atoms with van der Waals surface area (Å²) in [5, 5.41) is 16.5. The summed E-state index contributed by atoms with van der Waals surface area (Å²) in [4.78, 5) is 10.5. The predicted octanol–water partition coefficient (Wildman–Crippen LogP) is 0.0644. The Kier molecular flexibility index (Phi) is 3.98. The van der Waals surface area contributed by atoms with E-state index in [0.717, 1.165) is 10.9 Å². The van der Waals surface area contributed by atoms with E-state index in [-0.39, 0.29) is 4.90 Å². The Morgan fingerprint density at radius 3 is 2.76 bits per heavy atom. The molecule has 2 N–H and O–H groups in total. The fourth-order valence-electron chi connectivity index (χ4n) is 1.79. The van der Waals surface area contributed by atoms with E-state index in [1.165, 1.54) is 10.9 Å². The lowest BCUT2D eigenvalue weighted by atomic mass is 10.3. The molecule has 0 unspecified atom stereocenters. The van der Waals surface area contributed by atoms with Crippen molar-refractivity contribution in [1.29, 1.82) is 0 Å². The molecule has 0 aromatic carbocycles. The average molecular weight is 313 g/mol. The van der Waals surface area contributed by atoms with Crippen molar-refractivity contribution in [2.45, 2.75) is 24.8 Å². The van der Waals surface area contributed by atoms with Crippen molar-refractivity contribution in [3.05, 3.63) is 24.3 Å². The summed E-state index contributed by atoms with van der Waals surface area (Å²) in [7, 11) is -2.13. The average Bonchev–Trinajstić information content (AvgIpc) is 2.95. The van der Waals surface area contributed by atoms with Gasteiger partial charge in [-0.1, -0.05) is 6.92 Å². The monoisotopic (exact) mass is 313 g/mol. The molecule has 0 aliphatic rings. The largest absolute Gasteiger partial charge is 0.480 e. The van der Waals surface area contributed by atoms with E-state index in [0.29, 0.717) is 17.8 Å². The summed E-state index contributed by atoms with van der Waals surface area (Å²) in [5.41, 5.74) is 1.02. The van der Waals surface area contributed by atoms with Gasteiger partial charge in [0.15, 0.2) is 0 Å². The molecule has 2 rings (SSSR count). The number of carbonyl (C=O) groups is 1. The van der Waals surface area contributed by atoms with E-state index in [1.807, 2.05) is 6.92 Å². The van der Waals surface area contributed by atoms with Gasteiger partial charge >= 0.3 is 5.97 Å². The predicted molar refractivity (Wildman–Crippen MR) is 73.3 cm³/mol. The molecule has 0 amide bonds. The third-order valence-corrected chi connectivity index (χ3v) is 4.02.